The van der Waals surface area contributed by atoms with Crippen molar-refractivity contribution >= 4 is 50.9 Å². The normalized spacial score (nSPS) is 13.3. The fourth-order valence-corrected chi connectivity index (χ4v) is 3.51. The van der Waals surface area contributed by atoms with Crippen molar-refractivity contribution in [2.75, 3.05) is 12.9 Å². The van der Waals surface area contributed by atoms with Crippen molar-refractivity contribution < 1.29 is 37.0 Å². The molecule has 2 aromatic carbocycles. The van der Waals surface area contributed by atoms with Crippen LogP contribution in [0.3, 0.4) is 0 Å². The van der Waals surface area contributed by atoms with Crippen LogP contribution in [0.15, 0.2) is 53.4 Å². The van der Waals surface area contributed by atoms with E-state index < -0.39 is 51.3 Å². The molecule has 0 radical (unpaired) electrons. The quantitative estimate of drug-likeness (QED) is 0.396. The highest BCUT2D eigenvalue weighted by Gasteiger charge is 2.31. The molecule has 0 saturated carbocycles. The molecule has 12 heteroatoms. The van der Waals surface area contributed by atoms with Gasteiger partial charge in [0.15, 0.2) is 14.7 Å². The van der Waals surface area contributed by atoms with Crippen molar-refractivity contribution in [1.29, 1.82) is 0 Å². The second-order valence-electron chi connectivity index (χ2n) is 6.59. The molecular weight excluding hydrogens is 488 g/mol. The number of esters is 1. The number of carbonyl (C=O) groups excluding carboxylic acids is 2. The zero-order valence-corrected chi connectivity index (χ0v) is 18.8. The number of hydrogen-bond acceptors (Lipinski definition) is 6. The van der Waals surface area contributed by atoms with E-state index in [9.17, 15) is 32.3 Å². The van der Waals surface area contributed by atoms with Gasteiger partial charge in [-0.1, -0.05) is 47.5 Å². The Morgan fingerprint density at radius 1 is 1.06 bits per heavy atom. The first kappa shape index (κ1) is 25.6. The van der Waals surface area contributed by atoms with Gasteiger partial charge in [0.2, 0.25) is 0 Å². The van der Waals surface area contributed by atoms with Gasteiger partial charge in [-0.2, -0.15) is 0 Å². The summed E-state index contributed by atoms with van der Waals surface area (Å²) in [5.41, 5.74) is -0.498. The maximum Gasteiger partial charge on any atom is 0.339 e. The van der Waals surface area contributed by atoms with Gasteiger partial charge in [0.1, 0.15) is 12.8 Å². The Morgan fingerprint density at radius 2 is 1.62 bits per heavy atom. The minimum atomic E-state index is -3.53. The molecule has 2 rings (SSSR count). The summed E-state index contributed by atoms with van der Waals surface area (Å²) < 4.78 is 42.6. The summed E-state index contributed by atoms with van der Waals surface area (Å²) in [5, 5.41) is 11.5. The second-order valence-corrected chi connectivity index (χ2v) is 9.70. The van der Waals surface area contributed by atoms with Crippen LogP contribution in [0, 0.1) is 0 Å². The van der Waals surface area contributed by atoms with Gasteiger partial charge in [-0.15, -0.1) is 0 Å². The van der Waals surface area contributed by atoms with Crippen LogP contribution in [0.25, 0.3) is 0 Å². The highest BCUT2D eigenvalue weighted by Crippen LogP contribution is 2.26. The summed E-state index contributed by atoms with van der Waals surface area (Å²) in [6, 6.07) is 8.79. The molecule has 0 aliphatic carbocycles. The van der Waals surface area contributed by atoms with Crippen LogP contribution >= 0.6 is 23.2 Å². The maximum absolute atomic E-state index is 13.9. The molecule has 32 heavy (non-hydrogen) atoms. The number of carboxylic acid groups (broad SMARTS) is 1. The highest BCUT2D eigenvalue weighted by molar-refractivity contribution is 7.90. The lowest BCUT2D eigenvalue weighted by Gasteiger charge is -2.27. The van der Waals surface area contributed by atoms with Gasteiger partial charge in [-0.25, -0.2) is 22.4 Å². The topological polar surface area (TPSA) is 127 Å². The first-order valence-electron chi connectivity index (χ1n) is 8.93. The monoisotopic (exact) mass is 505 g/mol. The molecular formula is C20H18Cl2FNO7S. The smallest absolute Gasteiger partial charge is 0.339 e. The molecule has 1 amide bonds. The SMILES string of the molecule is CS(=O)(=O)c1ccc([C@@H](OC(=O)c2ccccc2C(=O)O)[C@@H](CF)NC(=O)C(Cl)Cl)cc1. The molecule has 0 unspecified atom stereocenters. The Bertz CT molecular complexity index is 1110. The van der Waals surface area contributed by atoms with Crippen LogP contribution < -0.4 is 5.32 Å². The number of halogens is 3. The molecule has 8 nitrogen and oxygen atoms in total. The Labute approximate surface area is 193 Å². The van der Waals surface area contributed by atoms with Gasteiger partial charge in [0.25, 0.3) is 5.91 Å². The molecule has 0 aromatic heterocycles. The zero-order valence-electron chi connectivity index (χ0n) is 16.5. The molecule has 2 N–H and O–H groups in total. The molecule has 0 bridgehead atoms. The largest absolute Gasteiger partial charge is 0.478 e. The maximum atomic E-state index is 13.9. The number of carbonyl (C=O) groups is 3. The fourth-order valence-electron chi connectivity index (χ4n) is 2.75. The lowest BCUT2D eigenvalue weighted by atomic mass is 10.0. The van der Waals surface area contributed by atoms with Gasteiger partial charge in [-0.05, 0) is 29.8 Å². The summed E-state index contributed by atoms with van der Waals surface area (Å²) in [4.78, 5) is 34.5. The van der Waals surface area contributed by atoms with E-state index in [4.69, 9.17) is 27.9 Å². The molecule has 0 fully saturated rings. The number of alkyl halides is 3. The van der Waals surface area contributed by atoms with Crippen LogP contribution in [0.2, 0.25) is 0 Å². The van der Waals surface area contributed by atoms with Gasteiger partial charge in [0, 0.05) is 6.26 Å². The minimum Gasteiger partial charge on any atom is -0.478 e. The Balaban J connectivity index is 2.47. The number of aromatic carboxylic acids is 1. The zero-order chi connectivity index (χ0) is 24.1. The van der Waals surface area contributed by atoms with Crippen LogP contribution in [0.4, 0.5) is 4.39 Å². The Hall–Kier alpha value is -2.69. The van der Waals surface area contributed by atoms with E-state index in [0.29, 0.717) is 0 Å². The van der Waals surface area contributed by atoms with Crippen molar-refractivity contribution in [2.45, 2.75) is 21.9 Å². The van der Waals surface area contributed by atoms with Gasteiger partial charge in [-0.3, -0.25) is 4.79 Å². The molecule has 0 aliphatic heterocycles. The van der Waals surface area contributed by atoms with E-state index in [1.807, 2.05) is 0 Å². The fraction of sp³-hybridized carbons (Fsp3) is 0.250. The molecule has 172 valence electrons. The lowest BCUT2D eigenvalue weighted by Crippen LogP contribution is -2.44. The summed E-state index contributed by atoms with van der Waals surface area (Å²) in [6.07, 6.45) is -0.465. The average molecular weight is 506 g/mol. The van der Waals surface area contributed by atoms with Crippen LogP contribution in [-0.4, -0.2) is 55.2 Å². The van der Waals surface area contributed by atoms with E-state index in [0.717, 1.165) is 6.26 Å². The number of sulfone groups is 1. The predicted molar refractivity (Wildman–Crippen MR) is 115 cm³/mol. The van der Waals surface area contributed by atoms with Gasteiger partial charge in [0.05, 0.1) is 22.1 Å². The number of amides is 1. The molecule has 0 heterocycles. The van der Waals surface area contributed by atoms with E-state index in [2.05, 4.69) is 5.32 Å². The standard InChI is InChI=1S/C20H18Cl2FNO7S/c1-32(29,30)12-8-6-11(7-9-12)16(15(10-23)24-18(25)17(21)22)31-20(28)14-5-3-2-4-13(14)19(26)27/h2-9,15-17H,10H2,1H3,(H,24,25)(H,26,27)/t15-,16-/m1/s1. The average Bonchev–Trinajstić information content (AvgIpc) is 2.75. The summed E-state index contributed by atoms with van der Waals surface area (Å²) >= 11 is 11.0. The number of benzene rings is 2. The Kier molecular flexibility index (Phi) is 8.59. The highest BCUT2D eigenvalue weighted by atomic mass is 35.5. The number of nitrogens with one attached hydrogen (secondary N) is 1. The molecule has 0 aliphatic rings. The summed E-state index contributed by atoms with van der Waals surface area (Å²) in [6.45, 7) is -1.21. The number of carboxylic acids is 1. The van der Waals surface area contributed by atoms with Crippen molar-refractivity contribution in [1.82, 2.24) is 5.32 Å². The van der Waals surface area contributed by atoms with E-state index in [1.54, 1.807) is 0 Å². The van der Waals surface area contributed by atoms with Crippen LogP contribution in [-0.2, 0) is 19.4 Å². The number of hydrogen-bond donors (Lipinski definition) is 2. The van der Waals surface area contributed by atoms with Crippen molar-refractivity contribution in [3.63, 3.8) is 0 Å². The first-order valence-corrected chi connectivity index (χ1v) is 11.7. The third-order valence-electron chi connectivity index (χ3n) is 4.31. The van der Waals surface area contributed by atoms with Gasteiger partial charge >= 0.3 is 11.9 Å². The van der Waals surface area contributed by atoms with E-state index in [1.165, 1.54) is 48.5 Å². The third-order valence-corrected chi connectivity index (χ3v) is 5.83. The Morgan fingerprint density at radius 3 is 2.09 bits per heavy atom. The summed E-state index contributed by atoms with van der Waals surface area (Å²) in [7, 11) is -3.53. The third kappa shape index (κ3) is 6.41. The number of rotatable bonds is 9. The van der Waals surface area contributed by atoms with Crippen LogP contribution in [0.1, 0.15) is 32.4 Å². The molecule has 2 atom stereocenters. The second kappa shape index (κ2) is 10.8. The van der Waals surface area contributed by atoms with Crippen molar-refractivity contribution in [2.24, 2.45) is 0 Å². The predicted octanol–water partition coefficient (Wildman–Crippen LogP) is 2.94. The van der Waals surface area contributed by atoms with E-state index >= 15 is 0 Å². The number of ether oxygens (including phenoxy) is 1. The molecule has 0 spiro atoms. The van der Waals surface area contributed by atoms with Crippen molar-refractivity contribution in [3.05, 3.63) is 65.2 Å². The van der Waals surface area contributed by atoms with Gasteiger partial charge < -0.3 is 15.2 Å². The minimum absolute atomic E-state index is 0.0371. The molecule has 0 saturated heterocycles. The van der Waals surface area contributed by atoms with E-state index in [-0.39, 0.29) is 21.6 Å². The van der Waals surface area contributed by atoms with Crippen LogP contribution in [0.5, 0.6) is 0 Å². The molecule has 2 aromatic rings. The van der Waals surface area contributed by atoms with Crippen molar-refractivity contribution in [3.8, 4) is 0 Å². The first-order chi connectivity index (χ1) is 15.0. The lowest BCUT2D eigenvalue weighted by molar-refractivity contribution is -0.121. The summed E-state index contributed by atoms with van der Waals surface area (Å²) in [5.74, 6) is -3.43.